The number of allylic oxidation sites excluding steroid dienone is 1. The van der Waals surface area contributed by atoms with Gasteiger partial charge in [0.25, 0.3) is 0 Å². The van der Waals surface area contributed by atoms with Crippen molar-refractivity contribution in [2.45, 2.75) is 46.1 Å². The van der Waals surface area contributed by atoms with Crippen LogP contribution < -0.4 is 15.5 Å². The molecule has 1 saturated heterocycles. The molecule has 156 valence electrons. The Morgan fingerprint density at radius 1 is 1.37 bits per heavy atom. The van der Waals surface area contributed by atoms with Gasteiger partial charge in [0, 0.05) is 42.2 Å². The number of anilines is 3. The number of benzene rings is 1. The van der Waals surface area contributed by atoms with Crippen LogP contribution in [-0.4, -0.2) is 35.0 Å². The molecule has 1 aliphatic heterocycles. The number of aromatic nitrogens is 2. The van der Waals surface area contributed by atoms with Crippen LogP contribution in [0.15, 0.2) is 42.0 Å². The van der Waals surface area contributed by atoms with Crippen molar-refractivity contribution in [3.8, 4) is 6.07 Å². The van der Waals surface area contributed by atoms with E-state index in [9.17, 15) is 4.79 Å². The minimum absolute atomic E-state index is 0.0153. The molecule has 7 nitrogen and oxygen atoms in total. The van der Waals surface area contributed by atoms with Crippen LogP contribution in [0.3, 0.4) is 0 Å². The maximum Gasteiger partial charge on any atom is 0.246 e. The predicted octanol–water partition coefficient (Wildman–Crippen LogP) is 3.71. The van der Waals surface area contributed by atoms with E-state index < -0.39 is 0 Å². The lowest BCUT2D eigenvalue weighted by molar-refractivity contribution is -0.118. The van der Waals surface area contributed by atoms with Crippen LogP contribution in [-0.2, 0) is 11.2 Å². The largest absolute Gasteiger partial charge is 0.354 e. The van der Waals surface area contributed by atoms with Gasteiger partial charge in [-0.15, -0.1) is 0 Å². The van der Waals surface area contributed by atoms with Crippen LogP contribution in [0.5, 0.6) is 0 Å². The Morgan fingerprint density at radius 3 is 2.93 bits per heavy atom. The van der Waals surface area contributed by atoms with Gasteiger partial charge in [-0.3, -0.25) is 4.79 Å². The summed E-state index contributed by atoms with van der Waals surface area (Å²) in [6.45, 7) is 7.35. The number of hydrogen-bond donors (Lipinski definition) is 2. The molecule has 2 N–H and O–H groups in total. The second kappa shape index (κ2) is 9.88. The maximum atomic E-state index is 12.2. The molecule has 1 amide bonds. The summed E-state index contributed by atoms with van der Waals surface area (Å²) in [4.78, 5) is 23.7. The SMILES string of the molecule is CC=C(C)C(=O)NC1CCN(c2cc(CCC)nc(Nc3cccc(C#N)c3)n2)C1. The van der Waals surface area contributed by atoms with Gasteiger partial charge in [-0.1, -0.05) is 25.5 Å². The number of nitriles is 1. The molecule has 30 heavy (non-hydrogen) atoms. The third-order valence-electron chi connectivity index (χ3n) is 5.16. The highest BCUT2D eigenvalue weighted by molar-refractivity contribution is 5.92. The fraction of sp³-hybridized carbons (Fsp3) is 0.391. The van der Waals surface area contributed by atoms with Gasteiger partial charge in [-0.25, -0.2) is 4.98 Å². The number of rotatable bonds is 7. The number of carbonyl (C=O) groups excluding carboxylic acids is 1. The molecule has 2 aromatic rings. The third-order valence-corrected chi connectivity index (χ3v) is 5.16. The van der Waals surface area contributed by atoms with Crippen molar-refractivity contribution < 1.29 is 4.79 Å². The lowest BCUT2D eigenvalue weighted by Gasteiger charge is -2.20. The molecular formula is C23H28N6O. The molecule has 0 saturated carbocycles. The van der Waals surface area contributed by atoms with Crippen LogP contribution in [0.2, 0.25) is 0 Å². The average Bonchev–Trinajstić information content (AvgIpc) is 3.22. The Balaban J connectivity index is 1.77. The summed E-state index contributed by atoms with van der Waals surface area (Å²) >= 11 is 0. The molecule has 0 radical (unpaired) electrons. The highest BCUT2D eigenvalue weighted by atomic mass is 16.1. The van der Waals surface area contributed by atoms with Crippen LogP contribution in [0.1, 0.15) is 44.9 Å². The van der Waals surface area contributed by atoms with Crippen LogP contribution >= 0.6 is 0 Å². The Kier molecular flexibility index (Phi) is 7.02. The van der Waals surface area contributed by atoms with Gasteiger partial charge in [0.1, 0.15) is 5.82 Å². The standard InChI is InChI=1S/C23H28N6O/c1-4-7-18-13-21(29-11-10-20(15-29)25-22(30)16(3)5-2)28-23(26-18)27-19-9-6-8-17(12-19)14-24/h5-6,8-9,12-13,20H,4,7,10-11,15H2,1-3H3,(H,25,30)(H,26,27,28). The molecule has 1 fully saturated rings. The van der Waals surface area contributed by atoms with Crippen molar-refractivity contribution in [2.75, 3.05) is 23.3 Å². The smallest absolute Gasteiger partial charge is 0.246 e. The van der Waals surface area contributed by atoms with Gasteiger partial charge in [-0.2, -0.15) is 10.2 Å². The van der Waals surface area contributed by atoms with Crippen molar-refractivity contribution in [2.24, 2.45) is 0 Å². The molecule has 1 aliphatic rings. The molecule has 0 bridgehead atoms. The van der Waals surface area contributed by atoms with E-state index in [4.69, 9.17) is 10.2 Å². The number of nitrogens with zero attached hydrogens (tertiary/aromatic N) is 4. The quantitative estimate of drug-likeness (QED) is 0.684. The van der Waals surface area contributed by atoms with Crippen molar-refractivity contribution in [1.29, 1.82) is 5.26 Å². The minimum atomic E-state index is -0.0153. The summed E-state index contributed by atoms with van der Waals surface area (Å²) in [6, 6.07) is 11.5. The molecule has 2 heterocycles. The Bertz CT molecular complexity index is 978. The first-order valence-electron chi connectivity index (χ1n) is 10.4. The number of carbonyl (C=O) groups is 1. The zero-order valence-electron chi connectivity index (χ0n) is 17.8. The van der Waals surface area contributed by atoms with Gasteiger partial charge in [0.05, 0.1) is 11.6 Å². The molecule has 1 aromatic carbocycles. The molecule has 1 aromatic heterocycles. The first-order valence-corrected chi connectivity index (χ1v) is 10.4. The maximum absolute atomic E-state index is 12.2. The predicted molar refractivity (Wildman–Crippen MR) is 119 cm³/mol. The first-order chi connectivity index (χ1) is 14.5. The summed E-state index contributed by atoms with van der Waals surface area (Å²) in [5.41, 5.74) is 3.06. The first kappa shape index (κ1) is 21.3. The fourth-order valence-corrected chi connectivity index (χ4v) is 3.40. The average molecular weight is 405 g/mol. The van der Waals surface area contributed by atoms with E-state index in [1.54, 1.807) is 12.1 Å². The van der Waals surface area contributed by atoms with Crippen molar-refractivity contribution >= 4 is 23.4 Å². The monoisotopic (exact) mass is 404 g/mol. The van der Waals surface area contributed by atoms with Crippen LogP contribution in [0, 0.1) is 11.3 Å². The number of aryl methyl sites for hydroxylation is 1. The van der Waals surface area contributed by atoms with E-state index in [0.29, 0.717) is 18.1 Å². The molecule has 1 unspecified atom stereocenters. The molecule has 7 heteroatoms. The minimum Gasteiger partial charge on any atom is -0.354 e. The lowest BCUT2D eigenvalue weighted by Crippen LogP contribution is -2.37. The molecule has 1 atom stereocenters. The molecule has 3 rings (SSSR count). The molecule has 0 spiro atoms. The van der Waals surface area contributed by atoms with E-state index in [-0.39, 0.29) is 11.9 Å². The second-order valence-corrected chi connectivity index (χ2v) is 7.49. The summed E-state index contributed by atoms with van der Waals surface area (Å²) < 4.78 is 0. The summed E-state index contributed by atoms with van der Waals surface area (Å²) in [7, 11) is 0. The van der Waals surface area contributed by atoms with Crippen LogP contribution in [0.25, 0.3) is 0 Å². The van der Waals surface area contributed by atoms with Gasteiger partial charge in [0.15, 0.2) is 0 Å². The molecular weight excluding hydrogens is 376 g/mol. The Labute approximate surface area is 177 Å². The normalized spacial score (nSPS) is 16.3. The van der Waals surface area contributed by atoms with Crippen molar-refractivity contribution in [3.63, 3.8) is 0 Å². The van der Waals surface area contributed by atoms with Crippen LogP contribution in [0.4, 0.5) is 17.5 Å². The molecule has 0 aliphatic carbocycles. The van der Waals surface area contributed by atoms with Gasteiger partial charge in [-0.05, 0) is 44.9 Å². The van der Waals surface area contributed by atoms with Gasteiger partial charge in [0.2, 0.25) is 11.9 Å². The number of amides is 1. The summed E-state index contributed by atoms with van der Waals surface area (Å²) in [5, 5.41) is 15.4. The van der Waals surface area contributed by atoms with Gasteiger partial charge < -0.3 is 15.5 Å². The zero-order valence-corrected chi connectivity index (χ0v) is 17.8. The zero-order chi connectivity index (χ0) is 21.5. The van der Waals surface area contributed by atoms with E-state index in [1.807, 2.05) is 38.1 Å². The third kappa shape index (κ3) is 5.35. The Hall–Kier alpha value is -3.40. The highest BCUT2D eigenvalue weighted by Gasteiger charge is 2.25. The highest BCUT2D eigenvalue weighted by Crippen LogP contribution is 2.23. The topological polar surface area (TPSA) is 93.9 Å². The van der Waals surface area contributed by atoms with E-state index >= 15 is 0 Å². The second-order valence-electron chi connectivity index (χ2n) is 7.49. The number of hydrogen-bond acceptors (Lipinski definition) is 6. The summed E-state index contributed by atoms with van der Waals surface area (Å²) in [6.07, 6.45) is 4.55. The Morgan fingerprint density at radius 2 is 2.20 bits per heavy atom. The van der Waals surface area contributed by atoms with E-state index in [0.717, 1.165) is 48.6 Å². The van der Waals surface area contributed by atoms with E-state index in [2.05, 4.69) is 33.5 Å². The lowest BCUT2D eigenvalue weighted by atomic mass is 10.2. The van der Waals surface area contributed by atoms with Crippen molar-refractivity contribution in [3.05, 3.63) is 53.2 Å². The summed E-state index contributed by atoms with van der Waals surface area (Å²) in [5.74, 6) is 1.36. The van der Waals surface area contributed by atoms with Gasteiger partial charge >= 0.3 is 0 Å². The van der Waals surface area contributed by atoms with E-state index in [1.165, 1.54) is 0 Å². The fourth-order valence-electron chi connectivity index (χ4n) is 3.40. The van der Waals surface area contributed by atoms with Crippen molar-refractivity contribution in [1.82, 2.24) is 15.3 Å². The number of nitrogens with one attached hydrogen (secondary N) is 2.